The summed E-state index contributed by atoms with van der Waals surface area (Å²) >= 11 is 0. The van der Waals surface area contributed by atoms with Crippen LogP contribution in [0.5, 0.6) is 5.75 Å². The summed E-state index contributed by atoms with van der Waals surface area (Å²) in [6.45, 7) is 1.79. The van der Waals surface area contributed by atoms with Gasteiger partial charge in [0.25, 0.3) is 5.91 Å². The van der Waals surface area contributed by atoms with Gasteiger partial charge >= 0.3 is 0 Å². The molecule has 96 valence electrons. The number of hydrogen-bond donors (Lipinski definition) is 3. The number of hydrogen-bond acceptors (Lipinski definition) is 4. The summed E-state index contributed by atoms with van der Waals surface area (Å²) in [5.74, 6) is 0.759. The first-order valence-electron chi connectivity index (χ1n) is 5.45. The molecule has 0 bridgehead atoms. The van der Waals surface area contributed by atoms with Gasteiger partial charge in [-0.05, 0) is 37.3 Å². The van der Waals surface area contributed by atoms with Crippen molar-refractivity contribution in [2.45, 2.75) is 6.92 Å². The van der Waals surface area contributed by atoms with Crippen LogP contribution in [-0.2, 0) is 4.79 Å². The highest BCUT2D eigenvalue weighted by molar-refractivity contribution is 5.92. The maximum Gasteiger partial charge on any atom is 0.267 e. The van der Waals surface area contributed by atoms with E-state index < -0.39 is 0 Å². The third-order valence-electron chi connectivity index (χ3n) is 2.19. The summed E-state index contributed by atoms with van der Waals surface area (Å²) in [4.78, 5) is 11.3. The molecule has 1 aromatic carbocycles. The molecule has 5 heteroatoms. The Balaban J connectivity index is 2.81. The number of ether oxygens (including phenoxy) is 1. The molecular formula is C13H17N3O2. The second kappa shape index (κ2) is 6.34. The number of anilines is 1. The number of carbonyl (C=O) groups excluding carboxylic acids is 1. The molecule has 0 fully saturated rings. The Morgan fingerprint density at radius 3 is 2.44 bits per heavy atom. The zero-order valence-corrected chi connectivity index (χ0v) is 10.4. The fraction of sp³-hybridized carbons (Fsp3) is 0.154. The van der Waals surface area contributed by atoms with Crippen molar-refractivity contribution < 1.29 is 9.53 Å². The summed E-state index contributed by atoms with van der Waals surface area (Å²) in [6.07, 6.45) is 3.18. The number of nitrogens with one attached hydrogen (secondary N) is 1. The lowest BCUT2D eigenvalue weighted by Crippen LogP contribution is -2.25. The van der Waals surface area contributed by atoms with E-state index in [1.165, 1.54) is 13.1 Å². The van der Waals surface area contributed by atoms with Crippen molar-refractivity contribution in [2.75, 3.05) is 12.8 Å². The van der Waals surface area contributed by atoms with Crippen LogP contribution in [0.2, 0.25) is 0 Å². The van der Waals surface area contributed by atoms with Gasteiger partial charge in [-0.2, -0.15) is 0 Å². The number of nitrogens with two attached hydrogens (primary N) is 2. The monoisotopic (exact) mass is 247 g/mol. The van der Waals surface area contributed by atoms with Gasteiger partial charge in [-0.25, -0.2) is 0 Å². The molecule has 5 nitrogen and oxygen atoms in total. The Morgan fingerprint density at radius 2 is 1.94 bits per heavy atom. The number of nitrogen functional groups attached to an aromatic ring is 1. The number of rotatable bonds is 4. The number of carbonyl (C=O) groups is 1. The zero-order valence-electron chi connectivity index (χ0n) is 10.4. The van der Waals surface area contributed by atoms with Crippen molar-refractivity contribution in [2.24, 2.45) is 5.73 Å². The lowest BCUT2D eigenvalue weighted by Gasteiger charge is -2.07. The van der Waals surface area contributed by atoms with Gasteiger partial charge < -0.3 is 21.5 Å². The van der Waals surface area contributed by atoms with E-state index in [4.69, 9.17) is 16.2 Å². The first-order valence-corrected chi connectivity index (χ1v) is 5.45. The van der Waals surface area contributed by atoms with Gasteiger partial charge in [-0.1, -0.05) is 0 Å². The highest BCUT2D eigenvalue weighted by Gasteiger charge is 2.04. The number of likely N-dealkylation sites (N-methyl/N-ethyl adjacent to an activating group) is 1. The largest absolute Gasteiger partial charge is 0.458 e. The third-order valence-corrected chi connectivity index (χ3v) is 2.19. The molecule has 5 N–H and O–H groups in total. The van der Waals surface area contributed by atoms with Crippen LogP contribution >= 0.6 is 0 Å². The second-order valence-corrected chi connectivity index (χ2v) is 3.54. The minimum absolute atomic E-state index is 0.0843. The summed E-state index contributed by atoms with van der Waals surface area (Å²) in [5.41, 5.74) is 11.9. The zero-order chi connectivity index (χ0) is 13.5. The predicted octanol–water partition coefficient (Wildman–Crippen LogP) is 1.14. The standard InChI is InChI=1S/C13H17N3O2/c1-3-10(8-12(15)13(17)16-2)18-11-6-4-9(14)5-7-11/h3-8H,14-15H2,1-2H3,(H,16,17)/b10-3+,12-8-. The second-order valence-electron chi connectivity index (χ2n) is 3.54. The van der Waals surface area contributed by atoms with Crippen LogP contribution in [0.3, 0.4) is 0 Å². The van der Waals surface area contributed by atoms with Gasteiger partial charge in [0.15, 0.2) is 0 Å². The van der Waals surface area contributed by atoms with Crippen LogP contribution in [0.4, 0.5) is 5.69 Å². The topological polar surface area (TPSA) is 90.4 Å². The van der Waals surface area contributed by atoms with E-state index in [2.05, 4.69) is 5.32 Å². The number of benzene rings is 1. The molecule has 18 heavy (non-hydrogen) atoms. The van der Waals surface area contributed by atoms with Gasteiger partial charge in [0, 0.05) is 18.8 Å². The van der Waals surface area contributed by atoms with Crippen LogP contribution < -0.4 is 21.5 Å². The Labute approximate surface area is 106 Å². The molecule has 0 aliphatic carbocycles. The lowest BCUT2D eigenvalue weighted by atomic mass is 10.3. The van der Waals surface area contributed by atoms with Crippen molar-refractivity contribution in [1.82, 2.24) is 5.32 Å². The molecule has 0 saturated heterocycles. The first-order chi connectivity index (χ1) is 8.56. The highest BCUT2D eigenvalue weighted by Crippen LogP contribution is 2.16. The highest BCUT2D eigenvalue weighted by atomic mass is 16.5. The van der Waals surface area contributed by atoms with Crippen LogP contribution in [0.15, 0.2) is 47.9 Å². The van der Waals surface area contributed by atoms with E-state index in [0.717, 1.165) is 0 Å². The molecule has 0 radical (unpaired) electrons. The normalized spacial score (nSPS) is 12.1. The maximum absolute atomic E-state index is 11.3. The van der Waals surface area contributed by atoms with Gasteiger partial charge in [0.2, 0.25) is 0 Å². The van der Waals surface area contributed by atoms with Crippen LogP contribution in [0.25, 0.3) is 0 Å². The van der Waals surface area contributed by atoms with E-state index in [-0.39, 0.29) is 11.6 Å². The van der Waals surface area contributed by atoms with Crippen LogP contribution in [0, 0.1) is 0 Å². The Bertz CT molecular complexity index is 476. The molecule has 0 aromatic heterocycles. The number of allylic oxidation sites excluding steroid dienone is 2. The van der Waals surface area contributed by atoms with Gasteiger partial charge in [0.05, 0.1) is 0 Å². The van der Waals surface area contributed by atoms with E-state index in [9.17, 15) is 4.79 Å². The van der Waals surface area contributed by atoms with Crippen molar-refractivity contribution in [3.63, 3.8) is 0 Å². The third kappa shape index (κ3) is 3.86. The molecule has 1 amide bonds. The van der Waals surface area contributed by atoms with Crippen molar-refractivity contribution >= 4 is 11.6 Å². The Hall–Kier alpha value is -2.43. The van der Waals surface area contributed by atoms with Crippen LogP contribution in [-0.4, -0.2) is 13.0 Å². The fourth-order valence-electron chi connectivity index (χ4n) is 1.21. The Morgan fingerprint density at radius 1 is 1.33 bits per heavy atom. The molecule has 0 heterocycles. The average Bonchev–Trinajstić information content (AvgIpc) is 2.39. The van der Waals surface area contributed by atoms with Gasteiger partial charge in [-0.15, -0.1) is 0 Å². The van der Waals surface area contributed by atoms with E-state index >= 15 is 0 Å². The first kappa shape index (κ1) is 13.6. The van der Waals surface area contributed by atoms with E-state index in [1.54, 1.807) is 37.3 Å². The SMILES string of the molecule is C/C=C(\C=C(/N)C(=O)NC)Oc1ccc(N)cc1. The van der Waals surface area contributed by atoms with E-state index in [0.29, 0.717) is 17.2 Å². The molecule has 0 aliphatic heterocycles. The summed E-state index contributed by atoms with van der Waals surface area (Å²) < 4.78 is 5.55. The van der Waals surface area contributed by atoms with Crippen LogP contribution in [0.1, 0.15) is 6.92 Å². The molecule has 1 rings (SSSR count). The molecule has 0 aliphatic rings. The molecule has 0 unspecified atom stereocenters. The predicted molar refractivity (Wildman–Crippen MR) is 71.6 cm³/mol. The quantitative estimate of drug-likeness (QED) is 0.322. The number of amides is 1. The summed E-state index contributed by atoms with van der Waals surface area (Å²) in [7, 11) is 1.51. The van der Waals surface area contributed by atoms with Gasteiger partial charge in [-0.3, -0.25) is 4.79 Å². The van der Waals surface area contributed by atoms with Crippen molar-refractivity contribution in [3.8, 4) is 5.75 Å². The lowest BCUT2D eigenvalue weighted by molar-refractivity contribution is -0.117. The smallest absolute Gasteiger partial charge is 0.267 e. The maximum atomic E-state index is 11.3. The summed E-state index contributed by atoms with van der Waals surface area (Å²) in [5, 5.41) is 2.43. The summed E-state index contributed by atoms with van der Waals surface area (Å²) in [6, 6.07) is 6.94. The van der Waals surface area contributed by atoms with Crippen molar-refractivity contribution in [1.29, 1.82) is 0 Å². The average molecular weight is 247 g/mol. The molecular weight excluding hydrogens is 230 g/mol. The molecule has 1 aromatic rings. The molecule has 0 atom stereocenters. The fourth-order valence-corrected chi connectivity index (χ4v) is 1.21. The minimum Gasteiger partial charge on any atom is -0.458 e. The van der Waals surface area contributed by atoms with Gasteiger partial charge in [0.1, 0.15) is 17.2 Å². The Kier molecular flexibility index (Phi) is 4.80. The van der Waals surface area contributed by atoms with Crippen molar-refractivity contribution in [3.05, 3.63) is 47.9 Å². The van der Waals surface area contributed by atoms with E-state index in [1.807, 2.05) is 0 Å². The molecule has 0 spiro atoms. The molecule has 0 saturated carbocycles. The minimum atomic E-state index is -0.352.